The first-order chi connectivity index (χ1) is 7.47. The number of rotatable bonds is 1. The van der Waals surface area contributed by atoms with E-state index in [9.17, 15) is 0 Å². The number of nitrogens with zero attached hydrogens (tertiary/aromatic N) is 2. The second-order valence-corrected chi connectivity index (χ2v) is 5.53. The first-order valence-electron chi connectivity index (χ1n) is 5.90. The predicted molar refractivity (Wildman–Crippen MR) is 68.2 cm³/mol. The minimum Gasteiger partial charge on any atom is -0.267 e. The predicted octanol–water partition coefficient (Wildman–Crippen LogP) is 3.76. The summed E-state index contributed by atoms with van der Waals surface area (Å²) in [4.78, 5) is 0. The Kier molecular flexibility index (Phi) is 2.75. The van der Waals surface area contributed by atoms with E-state index >= 15 is 0 Å². The van der Waals surface area contributed by atoms with Gasteiger partial charge in [0.1, 0.15) is 0 Å². The Morgan fingerprint density at radius 1 is 1.31 bits per heavy atom. The normalized spacial score (nSPS) is 17.0. The largest absolute Gasteiger partial charge is 0.267 e. The van der Waals surface area contributed by atoms with Crippen molar-refractivity contribution in [1.82, 2.24) is 9.78 Å². The van der Waals surface area contributed by atoms with Crippen molar-refractivity contribution >= 4 is 5.57 Å². The molecule has 0 spiro atoms. The van der Waals surface area contributed by atoms with Crippen molar-refractivity contribution in [2.45, 2.75) is 46.1 Å². The highest BCUT2D eigenvalue weighted by Gasteiger charge is 2.15. The van der Waals surface area contributed by atoms with E-state index < -0.39 is 0 Å². The molecule has 2 heteroatoms. The summed E-state index contributed by atoms with van der Waals surface area (Å²) in [5.74, 6) is 0. The van der Waals surface area contributed by atoms with Crippen LogP contribution >= 0.6 is 0 Å². The zero-order chi connectivity index (χ0) is 11.8. The average Bonchev–Trinajstić information content (AvgIpc) is 2.65. The van der Waals surface area contributed by atoms with Crippen molar-refractivity contribution in [3.05, 3.63) is 35.7 Å². The molecule has 0 radical (unpaired) electrons. The van der Waals surface area contributed by atoms with Crippen LogP contribution in [0, 0.1) is 0 Å². The molecule has 0 atom stereocenters. The molecule has 86 valence electrons. The zero-order valence-electron chi connectivity index (χ0n) is 10.6. The van der Waals surface area contributed by atoms with Gasteiger partial charge < -0.3 is 0 Å². The van der Waals surface area contributed by atoms with Gasteiger partial charge in [0.05, 0.1) is 11.7 Å². The van der Waals surface area contributed by atoms with Crippen LogP contribution in [0.3, 0.4) is 0 Å². The molecule has 2 rings (SSSR count). The summed E-state index contributed by atoms with van der Waals surface area (Å²) in [7, 11) is 0. The van der Waals surface area contributed by atoms with Crippen LogP contribution < -0.4 is 0 Å². The van der Waals surface area contributed by atoms with Crippen molar-refractivity contribution in [2.24, 2.45) is 0 Å². The number of hydrogen-bond acceptors (Lipinski definition) is 1. The van der Waals surface area contributed by atoms with Gasteiger partial charge in [-0.3, -0.25) is 4.68 Å². The molecule has 0 amide bonds. The molecule has 1 aliphatic rings. The van der Waals surface area contributed by atoms with E-state index in [0.717, 1.165) is 6.42 Å². The summed E-state index contributed by atoms with van der Waals surface area (Å²) >= 11 is 0. The Morgan fingerprint density at radius 3 is 2.62 bits per heavy atom. The van der Waals surface area contributed by atoms with Gasteiger partial charge in [0.15, 0.2) is 0 Å². The molecule has 1 aliphatic carbocycles. The maximum atomic E-state index is 4.43. The summed E-state index contributed by atoms with van der Waals surface area (Å²) in [5.41, 5.74) is 4.07. The van der Waals surface area contributed by atoms with E-state index in [1.165, 1.54) is 23.1 Å². The lowest BCUT2D eigenvalue weighted by Gasteiger charge is -2.18. The Balaban J connectivity index is 2.29. The Labute approximate surface area is 97.7 Å². The van der Waals surface area contributed by atoms with E-state index in [0.29, 0.717) is 0 Å². The molecule has 0 bridgehead atoms. The van der Waals surface area contributed by atoms with Crippen LogP contribution in [0.5, 0.6) is 0 Å². The maximum absolute atomic E-state index is 4.43. The van der Waals surface area contributed by atoms with Gasteiger partial charge in [-0.25, -0.2) is 0 Å². The topological polar surface area (TPSA) is 17.8 Å². The number of hydrogen-bond donors (Lipinski definition) is 0. The Hall–Kier alpha value is -1.31. The SMILES string of the molecule is CC1=CC(c2cnn(C(C)(C)C)c2)=CCC1. The Bertz CT molecular complexity index is 442. The molecule has 0 aromatic carbocycles. The first-order valence-corrected chi connectivity index (χ1v) is 5.90. The second-order valence-electron chi connectivity index (χ2n) is 5.53. The van der Waals surface area contributed by atoms with Crippen LogP contribution in [0.2, 0.25) is 0 Å². The molecule has 0 aliphatic heterocycles. The van der Waals surface area contributed by atoms with E-state index in [2.05, 4.69) is 51.1 Å². The summed E-state index contributed by atoms with van der Waals surface area (Å²) < 4.78 is 2.03. The number of allylic oxidation sites excluding steroid dienone is 4. The van der Waals surface area contributed by atoms with Gasteiger partial charge in [-0.2, -0.15) is 5.10 Å². The molecule has 0 saturated carbocycles. The van der Waals surface area contributed by atoms with Gasteiger partial charge in [0, 0.05) is 11.8 Å². The lowest BCUT2D eigenvalue weighted by atomic mass is 9.97. The lowest BCUT2D eigenvalue weighted by Crippen LogP contribution is -2.21. The van der Waals surface area contributed by atoms with Crippen LogP contribution in [-0.2, 0) is 5.54 Å². The third kappa shape index (κ3) is 2.26. The minimum atomic E-state index is 0.0617. The smallest absolute Gasteiger partial charge is 0.0568 e. The second kappa shape index (κ2) is 3.93. The highest BCUT2D eigenvalue weighted by atomic mass is 15.3. The molecular formula is C14H20N2. The zero-order valence-corrected chi connectivity index (χ0v) is 10.6. The summed E-state index contributed by atoms with van der Waals surface area (Å²) in [6.45, 7) is 8.70. The van der Waals surface area contributed by atoms with Gasteiger partial charge in [0.25, 0.3) is 0 Å². The average molecular weight is 216 g/mol. The van der Waals surface area contributed by atoms with E-state index in [1.807, 2.05) is 10.9 Å². The highest BCUT2D eigenvalue weighted by Crippen LogP contribution is 2.25. The standard InChI is InChI=1S/C14H20N2/c1-11-6-5-7-12(8-11)13-9-15-16(10-13)14(2,3)4/h7-10H,5-6H2,1-4H3. The molecule has 1 heterocycles. The van der Waals surface area contributed by atoms with Crippen molar-refractivity contribution in [2.75, 3.05) is 0 Å². The minimum absolute atomic E-state index is 0.0617. The van der Waals surface area contributed by atoms with E-state index in [4.69, 9.17) is 0 Å². The maximum Gasteiger partial charge on any atom is 0.0568 e. The van der Waals surface area contributed by atoms with Crippen LogP contribution in [0.15, 0.2) is 30.1 Å². The molecule has 0 saturated heterocycles. The first kappa shape index (κ1) is 11.2. The van der Waals surface area contributed by atoms with Gasteiger partial charge in [-0.05, 0) is 46.1 Å². The molecule has 1 aromatic heterocycles. The number of aromatic nitrogens is 2. The van der Waals surface area contributed by atoms with Crippen LogP contribution in [0.4, 0.5) is 0 Å². The van der Waals surface area contributed by atoms with Crippen molar-refractivity contribution in [3.63, 3.8) is 0 Å². The molecule has 0 fully saturated rings. The summed E-state index contributed by atoms with van der Waals surface area (Å²) in [5, 5.41) is 4.43. The van der Waals surface area contributed by atoms with Gasteiger partial charge in [-0.15, -0.1) is 0 Å². The van der Waals surface area contributed by atoms with Crippen LogP contribution in [0.25, 0.3) is 5.57 Å². The summed E-state index contributed by atoms with van der Waals surface area (Å²) in [6.07, 6.45) is 11.0. The van der Waals surface area contributed by atoms with Crippen molar-refractivity contribution in [1.29, 1.82) is 0 Å². The quantitative estimate of drug-likeness (QED) is 0.699. The lowest BCUT2D eigenvalue weighted by molar-refractivity contribution is 0.355. The third-order valence-electron chi connectivity index (χ3n) is 2.91. The van der Waals surface area contributed by atoms with Crippen LogP contribution in [-0.4, -0.2) is 9.78 Å². The molecule has 2 nitrogen and oxygen atoms in total. The monoisotopic (exact) mass is 216 g/mol. The van der Waals surface area contributed by atoms with Gasteiger partial charge in [0.2, 0.25) is 0 Å². The molecule has 1 aromatic rings. The van der Waals surface area contributed by atoms with E-state index in [-0.39, 0.29) is 5.54 Å². The molecular weight excluding hydrogens is 196 g/mol. The van der Waals surface area contributed by atoms with Gasteiger partial charge >= 0.3 is 0 Å². The fourth-order valence-electron chi connectivity index (χ4n) is 1.89. The Morgan fingerprint density at radius 2 is 2.06 bits per heavy atom. The summed E-state index contributed by atoms with van der Waals surface area (Å²) in [6, 6.07) is 0. The fourth-order valence-corrected chi connectivity index (χ4v) is 1.89. The molecule has 0 N–H and O–H groups in total. The van der Waals surface area contributed by atoms with Gasteiger partial charge in [-0.1, -0.05) is 17.7 Å². The van der Waals surface area contributed by atoms with Crippen molar-refractivity contribution < 1.29 is 0 Å². The molecule has 16 heavy (non-hydrogen) atoms. The molecule has 0 unspecified atom stereocenters. The third-order valence-corrected chi connectivity index (χ3v) is 2.91. The fraction of sp³-hybridized carbons (Fsp3) is 0.500. The van der Waals surface area contributed by atoms with E-state index in [1.54, 1.807) is 0 Å². The van der Waals surface area contributed by atoms with Crippen molar-refractivity contribution in [3.8, 4) is 0 Å². The highest BCUT2D eigenvalue weighted by molar-refractivity contribution is 5.74. The van der Waals surface area contributed by atoms with Crippen LogP contribution in [0.1, 0.15) is 46.1 Å².